The molecule has 0 atom stereocenters. The molecular weight excluding hydrogens is 537 g/mol. The number of nitrogens with one attached hydrogen (secondary N) is 1. The van der Waals surface area contributed by atoms with E-state index in [9.17, 15) is 4.79 Å². The Kier molecular flexibility index (Phi) is 9.52. The van der Waals surface area contributed by atoms with Crippen LogP contribution in [0.25, 0.3) is 23.4 Å². The van der Waals surface area contributed by atoms with Crippen LogP contribution in [0.1, 0.15) is 17.0 Å². The molecule has 0 saturated carbocycles. The number of aromatic nitrogens is 2. The molecule has 0 unspecified atom stereocenters. The number of benzene rings is 3. The second-order valence-electron chi connectivity index (χ2n) is 8.63. The topological polar surface area (TPSA) is 74.6 Å². The van der Waals surface area contributed by atoms with Crippen LogP contribution < -0.4 is 19.5 Å². The van der Waals surface area contributed by atoms with Crippen molar-refractivity contribution in [3.8, 4) is 28.5 Å². The first-order valence-corrected chi connectivity index (χ1v) is 13.0. The van der Waals surface area contributed by atoms with Crippen molar-refractivity contribution in [1.82, 2.24) is 14.9 Å². The van der Waals surface area contributed by atoms with Crippen LogP contribution in [0.4, 0.5) is 0 Å². The molecule has 1 aromatic heterocycles. The van der Waals surface area contributed by atoms with Crippen LogP contribution >= 0.6 is 23.2 Å². The summed E-state index contributed by atoms with van der Waals surface area (Å²) in [5, 5.41) is 4.01. The number of methoxy groups -OCH3 is 3. The summed E-state index contributed by atoms with van der Waals surface area (Å²) in [6, 6.07) is 18.6. The van der Waals surface area contributed by atoms with Crippen LogP contribution in [-0.2, 0) is 17.8 Å². The summed E-state index contributed by atoms with van der Waals surface area (Å²) < 4.78 is 17.7. The number of carbonyl (C=O) groups excluding carboxylic acids is 1. The molecule has 4 aromatic rings. The monoisotopic (exact) mass is 565 g/mol. The minimum atomic E-state index is -0.138. The molecule has 0 fully saturated rings. The van der Waals surface area contributed by atoms with Gasteiger partial charge in [0.05, 0.1) is 32.0 Å². The Morgan fingerprint density at radius 2 is 1.69 bits per heavy atom. The fourth-order valence-electron chi connectivity index (χ4n) is 4.00. The molecule has 39 heavy (non-hydrogen) atoms. The zero-order valence-electron chi connectivity index (χ0n) is 21.9. The summed E-state index contributed by atoms with van der Waals surface area (Å²) in [6.07, 6.45) is 6.26. The fraction of sp³-hybridized carbons (Fsp3) is 0.200. The van der Waals surface area contributed by atoms with Gasteiger partial charge in [0.1, 0.15) is 18.1 Å². The molecule has 3 aromatic carbocycles. The summed E-state index contributed by atoms with van der Waals surface area (Å²) in [6.45, 7) is 0.558. The average Bonchev–Trinajstić information content (AvgIpc) is 3.33. The highest BCUT2D eigenvalue weighted by Crippen LogP contribution is 2.30. The van der Waals surface area contributed by atoms with Gasteiger partial charge in [-0.2, -0.15) is 0 Å². The number of carbonyl (C=O) groups is 1. The van der Waals surface area contributed by atoms with E-state index in [1.807, 2.05) is 66.9 Å². The van der Waals surface area contributed by atoms with Gasteiger partial charge in [0.2, 0.25) is 5.91 Å². The number of hydrogen-bond acceptors (Lipinski definition) is 5. The second-order valence-corrected chi connectivity index (χ2v) is 9.48. The van der Waals surface area contributed by atoms with Crippen LogP contribution in [0.5, 0.6) is 17.2 Å². The maximum Gasteiger partial charge on any atom is 0.240 e. The van der Waals surface area contributed by atoms with Crippen molar-refractivity contribution in [2.45, 2.75) is 13.0 Å². The minimum Gasteiger partial charge on any atom is -0.497 e. The third kappa shape index (κ3) is 7.34. The van der Waals surface area contributed by atoms with Crippen molar-refractivity contribution in [2.24, 2.45) is 0 Å². The Bertz CT molecular complexity index is 1470. The number of amides is 1. The van der Waals surface area contributed by atoms with Crippen LogP contribution in [0.15, 0.2) is 66.9 Å². The predicted octanol–water partition coefficient (Wildman–Crippen LogP) is 6.41. The summed E-state index contributed by atoms with van der Waals surface area (Å²) in [4.78, 5) is 17.6. The van der Waals surface area contributed by atoms with E-state index >= 15 is 0 Å². The van der Waals surface area contributed by atoms with E-state index in [-0.39, 0.29) is 12.5 Å². The fourth-order valence-corrected chi connectivity index (χ4v) is 4.50. The molecule has 1 amide bonds. The van der Waals surface area contributed by atoms with Gasteiger partial charge in [-0.05, 0) is 66.1 Å². The number of hydrogen-bond donors (Lipinski definition) is 1. The Morgan fingerprint density at radius 1 is 0.923 bits per heavy atom. The Morgan fingerprint density at radius 3 is 2.38 bits per heavy atom. The third-order valence-corrected chi connectivity index (χ3v) is 6.60. The minimum absolute atomic E-state index is 0.0897. The number of imidazole rings is 1. The van der Waals surface area contributed by atoms with E-state index in [4.69, 9.17) is 42.4 Å². The predicted molar refractivity (Wildman–Crippen MR) is 156 cm³/mol. The third-order valence-electron chi connectivity index (χ3n) is 6.05. The molecule has 1 N–H and O–H groups in total. The lowest BCUT2D eigenvalue weighted by Gasteiger charge is -2.10. The second kappa shape index (κ2) is 13.2. The van der Waals surface area contributed by atoms with E-state index in [2.05, 4.69) is 5.32 Å². The van der Waals surface area contributed by atoms with Gasteiger partial charge >= 0.3 is 0 Å². The van der Waals surface area contributed by atoms with E-state index < -0.39 is 0 Å². The molecule has 0 aliphatic carbocycles. The molecular formula is C30H29Cl2N3O4. The van der Waals surface area contributed by atoms with E-state index in [0.29, 0.717) is 46.0 Å². The molecule has 0 saturated heterocycles. The van der Waals surface area contributed by atoms with Gasteiger partial charge in [0.15, 0.2) is 11.5 Å². The van der Waals surface area contributed by atoms with Crippen molar-refractivity contribution in [3.63, 3.8) is 0 Å². The molecule has 1 heterocycles. The van der Waals surface area contributed by atoms with Crippen molar-refractivity contribution >= 4 is 41.3 Å². The summed E-state index contributed by atoms with van der Waals surface area (Å²) in [5.74, 6) is 2.57. The van der Waals surface area contributed by atoms with Crippen molar-refractivity contribution in [1.29, 1.82) is 0 Å². The quantitative estimate of drug-likeness (QED) is 0.227. The van der Waals surface area contributed by atoms with E-state index in [1.54, 1.807) is 38.0 Å². The van der Waals surface area contributed by atoms with Gasteiger partial charge in [-0.3, -0.25) is 4.79 Å². The highest BCUT2D eigenvalue weighted by molar-refractivity contribution is 6.36. The first-order valence-electron chi connectivity index (χ1n) is 12.2. The van der Waals surface area contributed by atoms with Crippen LogP contribution in [0.3, 0.4) is 0 Å². The van der Waals surface area contributed by atoms with Crippen molar-refractivity contribution in [2.75, 3.05) is 27.9 Å². The molecule has 0 aliphatic heterocycles. The SMILES string of the molecule is COc1ccc(C=Cc2nc(-c3ccc(Cl)cc3Cl)cn2CC(=O)NCCc2ccc(OC)c(OC)c2)cc1. The van der Waals surface area contributed by atoms with Crippen LogP contribution in [0.2, 0.25) is 10.0 Å². The van der Waals surface area contributed by atoms with Gasteiger partial charge in [-0.1, -0.05) is 47.5 Å². The molecule has 202 valence electrons. The zero-order valence-corrected chi connectivity index (χ0v) is 23.4. The lowest BCUT2D eigenvalue weighted by atomic mass is 10.1. The lowest BCUT2D eigenvalue weighted by Crippen LogP contribution is -2.29. The van der Waals surface area contributed by atoms with Gasteiger partial charge in [-0.15, -0.1) is 0 Å². The molecule has 0 bridgehead atoms. The smallest absolute Gasteiger partial charge is 0.240 e. The summed E-state index contributed by atoms with van der Waals surface area (Å²) in [5.41, 5.74) is 3.37. The largest absolute Gasteiger partial charge is 0.497 e. The molecule has 0 radical (unpaired) electrons. The van der Waals surface area contributed by atoms with Gasteiger partial charge < -0.3 is 24.1 Å². The lowest BCUT2D eigenvalue weighted by molar-refractivity contribution is -0.121. The van der Waals surface area contributed by atoms with Crippen LogP contribution in [-0.4, -0.2) is 43.3 Å². The zero-order chi connectivity index (χ0) is 27.8. The number of halogens is 2. The molecule has 4 rings (SSSR count). The van der Waals surface area contributed by atoms with Gasteiger partial charge in [0.25, 0.3) is 0 Å². The Labute approximate surface area is 237 Å². The number of rotatable bonds is 11. The van der Waals surface area contributed by atoms with Gasteiger partial charge in [-0.25, -0.2) is 4.98 Å². The first-order chi connectivity index (χ1) is 18.9. The maximum absolute atomic E-state index is 12.9. The van der Waals surface area contributed by atoms with Gasteiger partial charge in [0, 0.05) is 23.3 Å². The van der Waals surface area contributed by atoms with E-state index in [0.717, 1.165) is 22.4 Å². The molecule has 0 aliphatic rings. The van der Waals surface area contributed by atoms with Crippen LogP contribution in [0, 0.1) is 0 Å². The normalized spacial score (nSPS) is 11.0. The molecule has 9 heteroatoms. The average molecular weight is 566 g/mol. The molecule has 7 nitrogen and oxygen atoms in total. The maximum atomic E-state index is 12.9. The highest BCUT2D eigenvalue weighted by Gasteiger charge is 2.14. The van der Waals surface area contributed by atoms with E-state index in [1.165, 1.54) is 0 Å². The number of ether oxygens (including phenoxy) is 3. The Balaban J connectivity index is 1.50. The first kappa shape index (κ1) is 28.1. The summed E-state index contributed by atoms with van der Waals surface area (Å²) >= 11 is 12.5. The van der Waals surface area contributed by atoms with Crippen molar-refractivity contribution < 1.29 is 19.0 Å². The number of nitrogens with zero attached hydrogens (tertiary/aromatic N) is 2. The Hall–Kier alpha value is -3.94. The standard InChI is InChI=1S/C30H29Cl2N3O4/c1-37-23-9-4-20(5-10-23)7-13-29-34-26(24-11-8-22(31)17-25(24)32)18-35(29)19-30(36)33-15-14-21-6-12-27(38-2)28(16-21)39-3/h4-13,16-18H,14-15,19H2,1-3H3,(H,33,36). The van der Waals surface area contributed by atoms with Crippen molar-refractivity contribution in [3.05, 3.63) is 93.9 Å². The highest BCUT2D eigenvalue weighted by atomic mass is 35.5. The summed E-state index contributed by atoms with van der Waals surface area (Å²) in [7, 11) is 4.82. The molecule has 0 spiro atoms.